The third-order valence-electron chi connectivity index (χ3n) is 2.59. The topological polar surface area (TPSA) is 33.2 Å². The molecule has 2 rings (SSSR count). The molecule has 0 aliphatic carbocycles. The van der Waals surface area contributed by atoms with Gasteiger partial charge in [-0.25, -0.2) is 9.37 Å². The van der Waals surface area contributed by atoms with Gasteiger partial charge in [-0.3, -0.25) is 4.79 Å². The highest BCUT2D eigenvalue weighted by atomic mass is 79.9. The lowest BCUT2D eigenvalue weighted by atomic mass is 10.2. The van der Waals surface area contributed by atoms with E-state index in [-0.39, 0.29) is 11.7 Å². The number of amides is 1. The van der Waals surface area contributed by atoms with Crippen molar-refractivity contribution in [3.05, 3.63) is 64.1 Å². The maximum Gasteiger partial charge on any atom is 0.272 e. The molecule has 1 aromatic carbocycles. The van der Waals surface area contributed by atoms with Crippen molar-refractivity contribution in [1.29, 1.82) is 0 Å². The molecule has 0 bridgehead atoms. The molecule has 0 radical (unpaired) electrons. The summed E-state index contributed by atoms with van der Waals surface area (Å²) in [5, 5.41) is 0. The van der Waals surface area contributed by atoms with Crippen LogP contribution in [0.15, 0.2) is 47.1 Å². The molecule has 1 amide bonds. The van der Waals surface area contributed by atoms with Gasteiger partial charge in [0.2, 0.25) is 0 Å². The lowest BCUT2D eigenvalue weighted by Gasteiger charge is -2.16. The van der Waals surface area contributed by atoms with Crippen molar-refractivity contribution in [2.45, 2.75) is 6.54 Å². The van der Waals surface area contributed by atoms with Crippen LogP contribution in [0.3, 0.4) is 0 Å². The Bertz CT molecular complexity index is 604. The van der Waals surface area contributed by atoms with Crippen LogP contribution >= 0.6 is 15.9 Å². The van der Waals surface area contributed by atoms with E-state index in [1.807, 2.05) is 0 Å². The Morgan fingerprint density at radius 3 is 2.74 bits per heavy atom. The number of aromatic nitrogens is 1. The van der Waals surface area contributed by atoms with Crippen molar-refractivity contribution < 1.29 is 9.18 Å². The van der Waals surface area contributed by atoms with Gasteiger partial charge in [-0.05, 0) is 45.8 Å². The fourth-order valence-corrected chi connectivity index (χ4v) is 2.05. The zero-order valence-electron chi connectivity index (χ0n) is 10.3. The summed E-state index contributed by atoms with van der Waals surface area (Å²) < 4.78 is 13.7. The smallest absolute Gasteiger partial charge is 0.272 e. The first kappa shape index (κ1) is 13.7. The molecule has 1 aromatic heterocycles. The van der Waals surface area contributed by atoms with Crippen LogP contribution in [0.5, 0.6) is 0 Å². The van der Waals surface area contributed by atoms with Gasteiger partial charge in [0.25, 0.3) is 5.91 Å². The van der Waals surface area contributed by atoms with Crippen molar-refractivity contribution in [1.82, 2.24) is 9.88 Å². The molecule has 0 spiro atoms. The summed E-state index contributed by atoms with van der Waals surface area (Å²) in [5.74, 6) is -0.510. The monoisotopic (exact) mass is 322 g/mol. The van der Waals surface area contributed by atoms with Crippen molar-refractivity contribution >= 4 is 21.8 Å². The second-order valence-electron chi connectivity index (χ2n) is 4.14. The number of rotatable bonds is 3. The van der Waals surface area contributed by atoms with E-state index in [0.717, 1.165) is 5.56 Å². The summed E-state index contributed by atoms with van der Waals surface area (Å²) in [5.41, 5.74) is 1.10. The van der Waals surface area contributed by atoms with Crippen molar-refractivity contribution in [3.8, 4) is 0 Å². The highest BCUT2D eigenvalue weighted by Crippen LogP contribution is 2.11. The predicted octanol–water partition coefficient (Wildman–Crippen LogP) is 3.26. The average Bonchev–Trinajstić information content (AvgIpc) is 2.38. The standard InChI is InChI=1S/C14H12BrFN2O/c1-18(9-10-4-2-5-11(16)8-10)14(19)12-6-3-7-13(15)17-12/h2-8H,9H2,1H3. The first-order chi connectivity index (χ1) is 9.06. The van der Waals surface area contributed by atoms with E-state index in [1.54, 1.807) is 37.4 Å². The molecule has 0 saturated carbocycles. The van der Waals surface area contributed by atoms with Gasteiger partial charge in [0, 0.05) is 13.6 Å². The summed E-state index contributed by atoms with van der Waals surface area (Å²) in [7, 11) is 1.66. The van der Waals surface area contributed by atoms with E-state index >= 15 is 0 Å². The molecular weight excluding hydrogens is 311 g/mol. The average molecular weight is 323 g/mol. The predicted molar refractivity (Wildman–Crippen MR) is 74.1 cm³/mol. The zero-order valence-corrected chi connectivity index (χ0v) is 11.9. The van der Waals surface area contributed by atoms with Crippen LogP contribution in [0.1, 0.15) is 16.1 Å². The summed E-state index contributed by atoms with van der Waals surface area (Å²) >= 11 is 3.22. The van der Waals surface area contributed by atoms with Gasteiger partial charge in [-0.15, -0.1) is 0 Å². The maximum atomic E-state index is 13.1. The molecule has 0 saturated heterocycles. The van der Waals surface area contributed by atoms with Gasteiger partial charge < -0.3 is 4.90 Å². The Morgan fingerprint density at radius 1 is 1.32 bits per heavy atom. The van der Waals surface area contributed by atoms with Crippen molar-refractivity contribution in [2.75, 3.05) is 7.05 Å². The van der Waals surface area contributed by atoms with E-state index < -0.39 is 0 Å². The first-order valence-corrected chi connectivity index (χ1v) is 6.48. The molecule has 1 heterocycles. The third-order valence-corrected chi connectivity index (χ3v) is 3.03. The van der Waals surface area contributed by atoms with Gasteiger partial charge in [-0.2, -0.15) is 0 Å². The molecule has 0 unspecified atom stereocenters. The molecule has 5 heteroatoms. The lowest BCUT2D eigenvalue weighted by molar-refractivity contribution is 0.0779. The van der Waals surface area contributed by atoms with Crippen LogP contribution in [-0.4, -0.2) is 22.8 Å². The Hall–Kier alpha value is -1.75. The van der Waals surface area contributed by atoms with Crippen molar-refractivity contribution in [2.24, 2.45) is 0 Å². The second kappa shape index (κ2) is 5.93. The Balaban J connectivity index is 2.12. The number of carbonyl (C=O) groups is 1. The van der Waals surface area contributed by atoms with Crippen LogP contribution in [0.2, 0.25) is 0 Å². The number of pyridine rings is 1. The van der Waals surface area contributed by atoms with Crippen LogP contribution in [0.25, 0.3) is 0 Å². The fourth-order valence-electron chi connectivity index (χ4n) is 1.70. The number of hydrogen-bond acceptors (Lipinski definition) is 2. The van der Waals surface area contributed by atoms with Gasteiger partial charge in [-0.1, -0.05) is 18.2 Å². The van der Waals surface area contributed by atoms with Gasteiger partial charge in [0.05, 0.1) is 0 Å². The Labute approximate surface area is 119 Å². The highest BCUT2D eigenvalue weighted by Gasteiger charge is 2.13. The first-order valence-electron chi connectivity index (χ1n) is 5.69. The van der Waals surface area contributed by atoms with E-state index in [9.17, 15) is 9.18 Å². The summed E-state index contributed by atoms with van der Waals surface area (Å²) in [6, 6.07) is 11.3. The third kappa shape index (κ3) is 3.61. The van der Waals surface area contributed by atoms with Gasteiger partial charge in [0.1, 0.15) is 16.1 Å². The number of carbonyl (C=O) groups excluding carboxylic acids is 1. The molecule has 19 heavy (non-hydrogen) atoms. The maximum absolute atomic E-state index is 13.1. The van der Waals surface area contributed by atoms with Crippen LogP contribution in [0, 0.1) is 5.82 Å². The van der Waals surface area contributed by atoms with Crippen LogP contribution < -0.4 is 0 Å². The molecule has 2 aromatic rings. The summed E-state index contributed by atoms with van der Waals surface area (Å²) in [6.45, 7) is 0.338. The largest absolute Gasteiger partial charge is 0.336 e. The lowest BCUT2D eigenvalue weighted by Crippen LogP contribution is -2.27. The fraction of sp³-hybridized carbons (Fsp3) is 0.143. The molecule has 98 valence electrons. The van der Waals surface area contributed by atoms with Gasteiger partial charge in [0.15, 0.2) is 0 Å². The summed E-state index contributed by atoms with van der Waals surface area (Å²) in [4.78, 5) is 17.7. The molecule has 0 aliphatic rings. The van der Waals surface area contributed by atoms with Crippen molar-refractivity contribution in [3.63, 3.8) is 0 Å². The van der Waals surface area contributed by atoms with E-state index in [0.29, 0.717) is 16.8 Å². The molecule has 3 nitrogen and oxygen atoms in total. The zero-order chi connectivity index (χ0) is 13.8. The highest BCUT2D eigenvalue weighted by molar-refractivity contribution is 9.10. The molecule has 0 fully saturated rings. The number of nitrogens with zero attached hydrogens (tertiary/aromatic N) is 2. The molecule has 0 aliphatic heterocycles. The van der Waals surface area contributed by atoms with E-state index in [2.05, 4.69) is 20.9 Å². The number of halogens is 2. The number of benzene rings is 1. The molecule has 0 N–H and O–H groups in total. The minimum atomic E-state index is -0.307. The number of hydrogen-bond donors (Lipinski definition) is 0. The summed E-state index contributed by atoms with van der Waals surface area (Å²) in [6.07, 6.45) is 0. The van der Waals surface area contributed by atoms with Crippen LogP contribution in [0.4, 0.5) is 4.39 Å². The SMILES string of the molecule is CN(Cc1cccc(F)c1)C(=O)c1cccc(Br)n1. The minimum absolute atomic E-state index is 0.203. The minimum Gasteiger partial charge on any atom is -0.336 e. The van der Waals surface area contributed by atoms with Crippen LogP contribution in [-0.2, 0) is 6.54 Å². The quantitative estimate of drug-likeness (QED) is 0.813. The Kier molecular flexibility index (Phi) is 4.27. The molecular formula is C14H12BrFN2O. The van der Waals surface area contributed by atoms with E-state index in [4.69, 9.17) is 0 Å². The van der Waals surface area contributed by atoms with Gasteiger partial charge >= 0.3 is 0 Å². The van der Waals surface area contributed by atoms with E-state index in [1.165, 1.54) is 17.0 Å². The normalized spacial score (nSPS) is 10.3. The Morgan fingerprint density at radius 2 is 2.05 bits per heavy atom. The molecule has 0 atom stereocenters. The second-order valence-corrected chi connectivity index (χ2v) is 4.95.